The Balaban J connectivity index is 1.68. The number of hydrogen-bond donors (Lipinski definition) is 1. The minimum Gasteiger partial charge on any atom is -0.366 e. The summed E-state index contributed by atoms with van der Waals surface area (Å²) < 4.78 is 0. The molecule has 5 rings (SSSR count). The molecule has 2 N–H and O–H groups in total. The van der Waals surface area contributed by atoms with Gasteiger partial charge in [-0.1, -0.05) is 48.5 Å². The maximum absolute atomic E-state index is 11.9. The molecule has 3 aromatic carbocycles. The predicted molar refractivity (Wildman–Crippen MR) is 110 cm³/mol. The van der Waals surface area contributed by atoms with Gasteiger partial charge in [0.25, 0.3) is 0 Å². The highest BCUT2D eigenvalue weighted by Gasteiger charge is 2.51. The van der Waals surface area contributed by atoms with Crippen molar-refractivity contribution in [1.29, 1.82) is 0 Å². The molecule has 0 saturated heterocycles. The van der Waals surface area contributed by atoms with E-state index < -0.39 is 0 Å². The van der Waals surface area contributed by atoms with Crippen molar-refractivity contribution in [1.82, 2.24) is 0 Å². The van der Waals surface area contributed by atoms with E-state index in [1.165, 1.54) is 27.6 Å². The van der Waals surface area contributed by atoms with Gasteiger partial charge in [-0.25, -0.2) is 0 Å². The van der Waals surface area contributed by atoms with E-state index in [4.69, 9.17) is 5.73 Å². The lowest BCUT2D eigenvalue weighted by Crippen LogP contribution is -2.39. The fraction of sp³-hybridized carbons (Fsp3) is 0.292. The molecule has 0 atom stereocenters. The zero-order valence-corrected chi connectivity index (χ0v) is 15.7. The summed E-state index contributed by atoms with van der Waals surface area (Å²) in [5.41, 5.74) is 11.3. The topological polar surface area (TPSA) is 46.3 Å². The molecule has 1 heterocycles. The van der Waals surface area contributed by atoms with E-state index in [9.17, 15) is 4.79 Å². The summed E-state index contributed by atoms with van der Waals surface area (Å²) in [6.45, 7) is 3.01. The molecule has 1 aliphatic heterocycles. The van der Waals surface area contributed by atoms with Gasteiger partial charge in [-0.15, -0.1) is 0 Å². The standard InChI is InChI=1S/C24H24N2O/c1-16-14-18-8-5-13-26(22(18)15-20(16)23(25)27)24(11-12-24)21-10-4-7-17-6-2-3-9-19(17)21/h2-4,6-7,9-10,14-15H,5,8,11-13H2,1H3,(H2,25,27). The van der Waals surface area contributed by atoms with E-state index in [2.05, 4.69) is 53.4 Å². The van der Waals surface area contributed by atoms with E-state index in [1.807, 2.05) is 13.0 Å². The highest BCUT2D eigenvalue weighted by molar-refractivity contribution is 5.96. The van der Waals surface area contributed by atoms with E-state index in [0.717, 1.165) is 37.8 Å². The fourth-order valence-corrected chi connectivity index (χ4v) is 4.90. The average Bonchev–Trinajstić information content (AvgIpc) is 3.48. The van der Waals surface area contributed by atoms with Gasteiger partial charge < -0.3 is 10.6 Å². The molecule has 27 heavy (non-hydrogen) atoms. The van der Waals surface area contributed by atoms with Crippen LogP contribution in [-0.4, -0.2) is 12.5 Å². The third kappa shape index (κ3) is 2.45. The minimum atomic E-state index is -0.337. The number of primary amides is 1. The highest BCUT2D eigenvalue weighted by atomic mass is 16.1. The first kappa shape index (κ1) is 16.4. The van der Waals surface area contributed by atoms with Crippen LogP contribution in [0, 0.1) is 6.92 Å². The number of amides is 1. The zero-order valence-electron chi connectivity index (χ0n) is 15.7. The Hall–Kier alpha value is -2.81. The van der Waals surface area contributed by atoms with E-state index in [0.29, 0.717) is 5.56 Å². The average molecular weight is 356 g/mol. The number of nitrogens with zero attached hydrogens (tertiary/aromatic N) is 1. The van der Waals surface area contributed by atoms with Gasteiger partial charge in [0.1, 0.15) is 0 Å². The molecular formula is C24H24N2O. The molecule has 0 unspecified atom stereocenters. The molecule has 1 saturated carbocycles. The van der Waals surface area contributed by atoms with Crippen molar-refractivity contribution in [3.05, 3.63) is 76.9 Å². The van der Waals surface area contributed by atoms with Gasteiger partial charge in [0.05, 0.1) is 5.54 Å². The van der Waals surface area contributed by atoms with Crippen LogP contribution in [0.1, 0.15) is 46.3 Å². The molecule has 1 amide bonds. The van der Waals surface area contributed by atoms with Gasteiger partial charge in [-0.05, 0) is 66.1 Å². The molecule has 2 aliphatic rings. The molecule has 0 radical (unpaired) electrons. The highest BCUT2D eigenvalue weighted by Crippen LogP contribution is 2.55. The molecule has 1 fully saturated rings. The summed E-state index contributed by atoms with van der Waals surface area (Å²) in [6.07, 6.45) is 4.52. The molecular weight excluding hydrogens is 332 g/mol. The first-order chi connectivity index (χ1) is 13.1. The molecule has 3 heteroatoms. The van der Waals surface area contributed by atoms with E-state index >= 15 is 0 Å². The SMILES string of the molecule is Cc1cc2c(cc1C(N)=O)N(C1(c3cccc4ccccc34)CC1)CCC2. The Morgan fingerprint density at radius 2 is 1.85 bits per heavy atom. The zero-order chi connectivity index (χ0) is 18.6. The number of nitrogens with two attached hydrogens (primary N) is 1. The van der Waals surface area contributed by atoms with Crippen LogP contribution in [0.5, 0.6) is 0 Å². The number of benzene rings is 3. The number of aryl methyl sites for hydroxylation is 2. The normalized spacial score (nSPS) is 17.6. The number of fused-ring (bicyclic) bond motifs is 2. The quantitative estimate of drug-likeness (QED) is 0.740. The summed E-state index contributed by atoms with van der Waals surface area (Å²) >= 11 is 0. The lowest BCUT2D eigenvalue weighted by atomic mass is 9.90. The summed E-state index contributed by atoms with van der Waals surface area (Å²) in [7, 11) is 0. The Morgan fingerprint density at radius 3 is 2.63 bits per heavy atom. The van der Waals surface area contributed by atoms with Crippen molar-refractivity contribution in [2.45, 2.75) is 38.1 Å². The number of hydrogen-bond acceptors (Lipinski definition) is 2. The maximum Gasteiger partial charge on any atom is 0.249 e. The Kier molecular flexibility index (Phi) is 3.55. The lowest BCUT2D eigenvalue weighted by molar-refractivity contribution is 0.0999. The summed E-state index contributed by atoms with van der Waals surface area (Å²) in [4.78, 5) is 14.5. The number of rotatable bonds is 3. The Bertz CT molecular complexity index is 1060. The van der Waals surface area contributed by atoms with Crippen LogP contribution in [-0.2, 0) is 12.0 Å². The van der Waals surface area contributed by atoms with Gasteiger partial charge in [0.2, 0.25) is 5.91 Å². The van der Waals surface area contributed by atoms with Crippen LogP contribution < -0.4 is 10.6 Å². The van der Waals surface area contributed by atoms with Crippen LogP contribution in [0.4, 0.5) is 5.69 Å². The van der Waals surface area contributed by atoms with Crippen LogP contribution in [0.15, 0.2) is 54.6 Å². The Morgan fingerprint density at radius 1 is 1.07 bits per heavy atom. The largest absolute Gasteiger partial charge is 0.366 e. The summed E-state index contributed by atoms with van der Waals surface area (Å²) in [5.74, 6) is -0.337. The first-order valence-corrected chi connectivity index (χ1v) is 9.79. The maximum atomic E-state index is 11.9. The van der Waals surface area contributed by atoms with Crippen molar-refractivity contribution < 1.29 is 4.79 Å². The number of anilines is 1. The third-order valence-electron chi connectivity index (χ3n) is 6.34. The third-order valence-corrected chi connectivity index (χ3v) is 6.34. The van der Waals surface area contributed by atoms with Gasteiger partial charge in [-0.3, -0.25) is 4.79 Å². The minimum absolute atomic E-state index is 0.0419. The molecule has 1 aliphatic carbocycles. The Labute approximate surface area is 159 Å². The molecule has 3 nitrogen and oxygen atoms in total. The van der Waals surface area contributed by atoms with E-state index in [1.54, 1.807) is 0 Å². The van der Waals surface area contributed by atoms with Gasteiger partial charge in [0, 0.05) is 17.8 Å². The predicted octanol–water partition coefficient (Wildman–Crippen LogP) is 4.69. The number of carbonyl (C=O) groups excluding carboxylic acids is 1. The molecule has 3 aromatic rings. The molecule has 0 bridgehead atoms. The molecule has 0 spiro atoms. The van der Waals surface area contributed by atoms with Crippen LogP contribution in [0.25, 0.3) is 10.8 Å². The lowest BCUT2D eigenvalue weighted by Gasteiger charge is -2.40. The van der Waals surface area contributed by atoms with Crippen LogP contribution in [0.3, 0.4) is 0 Å². The van der Waals surface area contributed by atoms with Crippen molar-refractivity contribution in [3.63, 3.8) is 0 Å². The second-order valence-electron chi connectivity index (χ2n) is 7.97. The monoisotopic (exact) mass is 356 g/mol. The smallest absolute Gasteiger partial charge is 0.249 e. The van der Waals surface area contributed by atoms with Crippen LogP contribution >= 0.6 is 0 Å². The first-order valence-electron chi connectivity index (χ1n) is 9.79. The summed E-state index contributed by atoms with van der Waals surface area (Å²) in [6, 6.07) is 19.5. The number of carbonyl (C=O) groups is 1. The van der Waals surface area contributed by atoms with Crippen molar-refractivity contribution in [3.8, 4) is 0 Å². The summed E-state index contributed by atoms with van der Waals surface area (Å²) in [5, 5.41) is 2.63. The van der Waals surface area contributed by atoms with Gasteiger partial charge in [0.15, 0.2) is 0 Å². The second kappa shape index (κ2) is 5.85. The van der Waals surface area contributed by atoms with Crippen molar-refractivity contribution in [2.75, 3.05) is 11.4 Å². The van der Waals surface area contributed by atoms with Crippen molar-refractivity contribution >= 4 is 22.4 Å². The van der Waals surface area contributed by atoms with E-state index in [-0.39, 0.29) is 11.4 Å². The van der Waals surface area contributed by atoms with Gasteiger partial charge in [-0.2, -0.15) is 0 Å². The van der Waals surface area contributed by atoms with Gasteiger partial charge >= 0.3 is 0 Å². The molecule has 136 valence electrons. The van der Waals surface area contributed by atoms with Crippen LogP contribution in [0.2, 0.25) is 0 Å². The molecule has 0 aromatic heterocycles. The van der Waals surface area contributed by atoms with Crippen molar-refractivity contribution in [2.24, 2.45) is 5.73 Å². The second-order valence-corrected chi connectivity index (χ2v) is 7.97. The fourth-order valence-electron chi connectivity index (χ4n) is 4.90.